The number of hydrogen-bond donors (Lipinski definition) is 2. The molecule has 0 saturated heterocycles. The normalized spacial score (nSPS) is 13.6. The van der Waals surface area contributed by atoms with Crippen molar-refractivity contribution in [3.8, 4) is 0 Å². The lowest BCUT2D eigenvalue weighted by Crippen LogP contribution is -2.37. The summed E-state index contributed by atoms with van der Waals surface area (Å²) in [4.78, 5) is 0. The van der Waals surface area contributed by atoms with Crippen LogP contribution in [0.15, 0.2) is 24.3 Å². The highest BCUT2D eigenvalue weighted by Gasteiger charge is 2.15. The van der Waals surface area contributed by atoms with Gasteiger partial charge in [-0.15, -0.1) is 0 Å². The molecule has 0 aliphatic rings. The largest absolute Gasteiger partial charge is 0.392 e. The minimum Gasteiger partial charge on any atom is -0.392 e. The van der Waals surface area contributed by atoms with Crippen LogP contribution in [0.25, 0.3) is 0 Å². The SMILES string of the molecule is CCCC(O)CNCc1ccc([Si](C)(C)C)cc1. The predicted octanol–water partition coefficient (Wildman–Crippen LogP) is 2.48. The maximum atomic E-state index is 9.62. The van der Waals surface area contributed by atoms with Gasteiger partial charge in [0.25, 0.3) is 0 Å². The van der Waals surface area contributed by atoms with E-state index in [4.69, 9.17) is 0 Å². The Hall–Kier alpha value is -0.643. The van der Waals surface area contributed by atoms with Crippen molar-refractivity contribution in [3.63, 3.8) is 0 Å². The van der Waals surface area contributed by atoms with E-state index in [2.05, 4.69) is 56.1 Å². The molecule has 0 aliphatic carbocycles. The lowest BCUT2D eigenvalue weighted by molar-refractivity contribution is 0.160. The predicted molar refractivity (Wildman–Crippen MR) is 82.0 cm³/mol. The third-order valence-electron chi connectivity index (χ3n) is 3.15. The minimum absolute atomic E-state index is 0.212. The van der Waals surface area contributed by atoms with Crippen molar-refractivity contribution in [1.82, 2.24) is 5.32 Å². The van der Waals surface area contributed by atoms with E-state index < -0.39 is 8.07 Å². The summed E-state index contributed by atoms with van der Waals surface area (Å²) in [6, 6.07) is 8.91. The summed E-state index contributed by atoms with van der Waals surface area (Å²) in [5.74, 6) is 0. The van der Waals surface area contributed by atoms with E-state index in [1.54, 1.807) is 0 Å². The second-order valence-corrected chi connectivity index (χ2v) is 11.1. The van der Waals surface area contributed by atoms with E-state index in [0.29, 0.717) is 6.54 Å². The molecular weight excluding hydrogens is 238 g/mol. The molecule has 2 N–H and O–H groups in total. The minimum atomic E-state index is -1.18. The topological polar surface area (TPSA) is 32.3 Å². The third kappa shape index (κ3) is 5.34. The molecule has 1 aromatic carbocycles. The number of hydrogen-bond acceptors (Lipinski definition) is 2. The van der Waals surface area contributed by atoms with Crippen LogP contribution in [0, 0.1) is 0 Å². The van der Waals surface area contributed by atoms with Crippen LogP contribution in [-0.4, -0.2) is 25.8 Å². The smallest absolute Gasteiger partial charge is 0.0775 e. The van der Waals surface area contributed by atoms with Gasteiger partial charge in [0.15, 0.2) is 0 Å². The summed E-state index contributed by atoms with van der Waals surface area (Å²) in [5, 5.41) is 14.4. The fourth-order valence-electron chi connectivity index (χ4n) is 1.94. The van der Waals surface area contributed by atoms with Crippen LogP contribution >= 0.6 is 0 Å². The van der Waals surface area contributed by atoms with Gasteiger partial charge in [0.2, 0.25) is 0 Å². The molecule has 0 spiro atoms. The van der Waals surface area contributed by atoms with Crippen LogP contribution in [0.1, 0.15) is 25.3 Å². The Morgan fingerprint density at radius 2 is 1.78 bits per heavy atom. The van der Waals surface area contributed by atoms with Crippen LogP contribution in [-0.2, 0) is 6.54 Å². The fourth-order valence-corrected chi connectivity index (χ4v) is 3.11. The fraction of sp³-hybridized carbons (Fsp3) is 0.600. The standard InChI is InChI=1S/C15H27NOSi/c1-5-6-14(17)12-16-11-13-7-9-15(10-8-13)18(2,3)4/h7-10,14,16-17H,5-6,11-12H2,1-4H3. The lowest BCUT2D eigenvalue weighted by atomic mass is 10.2. The average molecular weight is 265 g/mol. The number of benzene rings is 1. The van der Waals surface area contributed by atoms with Gasteiger partial charge in [0.05, 0.1) is 14.2 Å². The first-order valence-electron chi connectivity index (χ1n) is 6.91. The van der Waals surface area contributed by atoms with Crippen LogP contribution in [0.4, 0.5) is 0 Å². The maximum Gasteiger partial charge on any atom is 0.0775 e. The van der Waals surface area contributed by atoms with Gasteiger partial charge in [-0.1, -0.05) is 62.4 Å². The molecule has 18 heavy (non-hydrogen) atoms. The van der Waals surface area contributed by atoms with Gasteiger partial charge < -0.3 is 10.4 Å². The summed E-state index contributed by atoms with van der Waals surface area (Å²) in [6.07, 6.45) is 1.70. The lowest BCUT2D eigenvalue weighted by Gasteiger charge is -2.17. The van der Waals surface area contributed by atoms with E-state index in [9.17, 15) is 5.11 Å². The summed E-state index contributed by atoms with van der Waals surface area (Å²) in [5.41, 5.74) is 1.29. The first kappa shape index (κ1) is 15.4. The van der Waals surface area contributed by atoms with Gasteiger partial charge in [-0.3, -0.25) is 0 Å². The van der Waals surface area contributed by atoms with E-state index in [-0.39, 0.29) is 6.10 Å². The Morgan fingerprint density at radius 1 is 1.17 bits per heavy atom. The highest BCUT2D eigenvalue weighted by molar-refractivity contribution is 6.88. The third-order valence-corrected chi connectivity index (χ3v) is 5.22. The van der Waals surface area contributed by atoms with Crippen molar-refractivity contribution in [2.45, 2.75) is 52.1 Å². The van der Waals surface area contributed by atoms with E-state index in [0.717, 1.165) is 19.4 Å². The molecule has 0 radical (unpaired) electrons. The van der Waals surface area contributed by atoms with Crippen molar-refractivity contribution >= 4 is 13.3 Å². The average Bonchev–Trinajstić information content (AvgIpc) is 2.29. The monoisotopic (exact) mass is 265 g/mol. The van der Waals surface area contributed by atoms with Gasteiger partial charge in [-0.25, -0.2) is 0 Å². The highest BCUT2D eigenvalue weighted by atomic mass is 28.3. The quantitative estimate of drug-likeness (QED) is 0.742. The zero-order chi connectivity index (χ0) is 13.6. The Morgan fingerprint density at radius 3 is 2.28 bits per heavy atom. The summed E-state index contributed by atoms with van der Waals surface area (Å²) in [7, 11) is -1.18. The van der Waals surface area contributed by atoms with Crippen molar-refractivity contribution in [2.75, 3.05) is 6.54 Å². The van der Waals surface area contributed by atoms with Crippen LogP contribution in [0.3, 0.4) is 0 Å². The molecule has 1 rings (SSSR count). The molecule has 0 aliphatic heterocycles. The molecule has 102 valence electrons. The second kappa shape index (κ2) is 7.07. The number of aliphatic hydroxyl groups is 1. The molecule has 2 nitrogen and oxygen atoms in total. The summed E-state index contributed by atoms with van der Waals surface area (Å²) < 4.78 is 0. The Labute approximate surface area is 112 Å². The van der Waals surface area contributed by atoms with Crippen LogP contribution < -0.4 is 10.5 Å². The van der Waals surface area contributed by atoms with E-state index in [1.165, 1.54) is 10.8 Å². The van der Waals surface area contributed by atoms with Crippen LogP contribution in [0.2, 0.25) is 19.6 Å². The van der Waals surface area contributed by atoms with Gasteiger partial charge in [-0.2, -0.15) is 0 Å². The van der Waals surface area contributed by atoms with Gasteiger partial charge in [-0.05, 0) is 12.0 Å². The molecule has 0 heterocycles. The zero-order valence-electron chi connectivity index (χ0n) is 12.2. The molecule has 0 aromatic heterocycles. The van der Waals surface area contributed by atoms with Crippen molar-refractivity contribution in [1.29, 1.82) is 0 Å². The number of nitrogens with one attached hydrogen (secondary N) is 1. The maximum absolute atomic E-state index is 9.62. The first-order valence-corrected chi connectivity index (χ1v) is 10.4. The van der Waals surface area contributed by atoms with Crippen molar-refractivity contribution in [2.24, 2.45) is 0 Å². The second-order valence-electron chi connectivity index (χ2n) is 6.02. The van der Waals surface area contributed by atoms with Gasteiger partial charge >= 0.3 is 0 Å². The van der Waals surface area contributed by atoms with Crippen LogP contribution in [0.5, 0.6) is 0 Å². The van der Waals surface area contributed by atoms with Gasteiger partial charge in [0, 0.05) is 13.1 Å². The van der Waals surface area contributed by atoms with Crippen molar-refractivity contribution < 1.29 is 5.11 Å². The first-order chi connectivity index (χ1) is 8.43. The molecule has 0 amide bonds. The summed E-state index contributed by atoms with van der Waals surface area (Å²) >= 11 is 0. The molecule has 1 aromatic rings. The molecule has 0 fully saturated rings. The molecule has 1 unspecified atom stereocenters. The molecule has 0 bridgehead atoms. The molecule has 0 saturated carbocycles. The van der Waals surface area contributed by atoms with Crippen molar-refractivity contribution in [3.05, 3.63) is 29.8 Å². The van der Waals surface area contributed by atoms with E-state index >= 15 is 0 Å². The molecule has 1 atom stereocenters. The molecular formula is C15H27NOSi. The molecule has 3 heteroatoms. The number of aliphatic hydroxyl groups excluding tert-OH is 1. The Balaban J connectivity index is 2.40. The Kier molecular flexibility index (Phi) is 6.06. The van der Waals surface area contributed by atoms with E-state index in [1.807, 2.05) is 0 Å². The summed E-state index contributed by atoms with van der Waals surface area (Å²) in [6.45, 7) is 10.7. The zero-order valence-corrected chi connectivity index (χ0v) is 13.2. The number of rotatable bonds is 7. The van der Waals surface area contributed by atoms with Gasteiger partial charge in [0.1, 0.15) is 0 Å². The highest BCUT2D eigenvalue weighted by Crippen LogP contribution is 2.04. The Bertz CT molecular complexity index is 343.